The zero-order valence-corrected chi connectivity index (χ0v) is 5.93. The van der Waals surface area contributed by atoms with Gasteiger partial charge in [-0.15, -0.1) is 12.4 Å². The van der Waals surface area contributed by atoms with E-state index in [1.54, 1.807) is 0 Å². The highest BCUT2D eigenvalue weighted by atomic mass is 35.5. The third kappa shape index (κ3) is 2.10. The molecular formula is C5H12ClNO2. The molecule has 1 aliphatic rings. The van der Waals surface area contributed by atoms with Crippen LogP contribution in [0.1, 0.15) is 0 Å². The lowest BCUT2D eigenvalue weighted by molar-refractivity contribution is 0.119. The lowest BCUT2D eigenvalue weighted by Gasteiger charge is -2.06. The van der Waals surface area contributed by atoms with E-state index in [4.69, 9.17) is 15.6 Å². The van der Waals surface area contributed by atoms with Crippen molar-refractivity contribution in [3.63, 3.8) is 0 Å². The molecule has 0 saturated carbocycles. The summed E-state index contributed by atoms with van der Waals surface area (Å²) in [4.78, 5) is 0. The molecule has 3 N–H and O–H groups in total. The molecule has 0 aromatic carbocycles. The number of aliphatic hydroxyl groups excluding tert-OH is 1. The third-order valence-corrected chi connectivity index (χ3v) is 1.47. The predicted octanol–water partition coefficient (Wildman–Crippen LogP) is -0.626. The summed E-state index contributed by atoms with van der Waals surface area (Å²) >= 11 is 0. The first kappa shape index (κ1) is 9.17. The Morgan fingerprint density at radius 1 is 1.56 bits per heavy atom. The fraction of sp³-hybridized carbons (Fsp3) is 1.00. The SMILES string of the molecule is Cl.NC[C@H]1COC[C@@H]1O. The highest BCUT2D eigenvalue weighted by Gasteiger charge is 2.23. The number of ether oxygens (including phenoxy) is 1. The summed E-state index contributed by atoms with van der Waals surface area (Å²) in [7, 11) is 0. The van der Waals surface area contributed by atoms with Gasteiger partial charge in [-0.2, -0.15) is 0 Å². The van der Waals surface area contributed by atoms with Crippen LogP contribution in [0.5, 0.6) is 0 Å². The molecule has 1 saturated heterocycles. The molecule has 1 aliphatic heterocycles. The smallest absolute Gasteiger partial charge is 0.0835 e. The van der Waals surface area contributed by atoms with Gasteiger partial charge in [0.05, 0.1) is 19.3 Å². The Morgan fingerprint density at radius 3 is 2.44 bits per heavy atom. The Balaban J connectivity index is 0.000000640. The Kier molecular flexibility index (Phi) is 4.14. The second-order valence-electron chi connectivity index (χ2n) is 2.10. The highest BCUT2D eigenvalue weighted by molar-refractivity contribution is 5.85. The van der Waals surface area contributed by atoms with Crippen molar-refractivity contribution >= 4 is 12.4 Å². The van der Waals surface area contributed by atoms with Gasteiger partial charge in [-0.3, -0.25) is 0 Å². The highest BCUT2D eigenvalue weighted by Crippen LogP contribution is 2.10. The number of nitrogens with two attached hydrogens (primary N) is 1. The van der Waals surface area contributed by atoms with Gasteiger partial charge in [-0.1, -0.05) is 0 Å². The van der Waals surface area contributed by atoms with E-state index < -0.39 is 0 Å². The van der Waals surface area contributed by atoms with Crippen LogP contribution in [0.2, 0.25) is 0 Å². The van der Waals surface area contributed by atoms with E-state index in [0.717, 1.165) is 0 Å². The van der Waals surface area contributed by atoms with Crippen molar-refractivity contribution < 1.29 is 9.84 Å². The number of hydrogen-bond donors (Lipinski definition) is 2. The van der Waals surface area contributed by atoms with Crippen LogP contribution in [0.25, 0.3) is 0 Å². The molecule has 0 aromatic heterocycles. The summed E-state index contributed by atoms with van der Waals surface area (Å²) in [5, 5.41) is 8.98. The standard InChI is InChI=1S/C5H11NO2.ClH/c6-1-4-2-8-3-5(4)7;/h4-5,7H,1-3,6H2;1H/t4-,5-;/m0./s1. The Morgan fingerprint density at radius 2 is 2.22 bits per heavy atom. The van der Waals surface area contributed by atoms with Crippen molar-refractivity contribution in [2.75, 3.05) is 19.8 Å². The van der Waals surface area contributed by atoms with Crippen molar-refractivity contribution in [2.24, 2.45) is 11.7 Å². The molecule has 3 nitrogen and oxygen atoms in total. The van der Waals surface area contributed by atoms with Gasteiger partial charge in [0, 0.05) is 5.92 Å². The van der Waals surface area contributed by atoms with Crippen LogP contribution < -0.4 is 5.73 Å². The van der Waals surface area contributed by atoms with E-state index in [1.807, 2.05) is 0 Å². The zero-order chi connectivity index (χ0) is 5.98. The van der Waals surface area contributed by atoms with E-state index in [0.29, 0.717) is 19.8 Å². The molecule has 0 bridgehead atoms. The molecule has 4 heteroatoms. The van der Waals surface area contributed by atoms with Gasteiger partial charge in [0.15, 0.2) is 0 Å². The lowest BCUT2D eigenvalue weighted by Crippen LogP contribution is -2.25. The number of halogens is 1. The van der Waals surface area contributed by atoms with E-state index in [1.165, 1.54) is 0 Å². The maximum Gasteiger partial charge on any atom is 0.0835 e. The average Bonchev–Trinajstić information content (AvgIpc) is 2.14. The van der Waals surface area contributed by atoms with E-state index in [9.17, 15) is 0 Å². The summed E-state index contributed by atoms with van der Waals surface area (Å²) in [5.74, 6) is 0.176. The van der Waals surface area contributed by atoms with Gasteiger partial charge < -0.3 is 15.6 Å². The largest absolute Gasteiger partial charge is 0.390 e. The van der Waals surface area contributed by atoms with E-state index in [-0.39, 0.29) is 24.4 Å². The topological polar surface area (TPSA) is 55.5 Å². The monoisotopic (exact) mass is 153 g/mol. The number of rotatable bonds is 1. The maximum absolute atomic E-state index is 8.98. The van der Waals surface area contributed by atoms with E-state index >= 15 is 0 Å². The fourth-order valence-corrected chi connectivity index (χ4v) is 0.812. The van der Waals surface area contributed by atoms with Gasteiger partial charge in [-0.25, -0.2) is 0 Å². The van der Waals surface area contributed by atoms with E-state index in [2.05, 4.69) is 0 Å². The molecule has 0 radical (unpaired) electrons. The first-order valence-corrected chi connectivity index (χ1v) is 2.80. The molecule has 1 rings (SSSR count). The van der Waals surface area contributed by atoms with Crippen molar-refractivity contribution in [1.29, 1.82) is 0 Å². The third-order valence-electron chi connectivity index (χ3n) is 1.47. The van der Waals surface area contributed by atoms with Gasteiger partial charge in [0.2, 0.25) is 0 Å². The minimum atomic E-state index is -0.319. The van der Waals surface area contributed by atoms with Crippen LogP contribution in [0.3, 0.4) is 0 Å². The summed E-state index contributed by atoms with van der Waals surface area (Å²) in [6.07, 6.45) is -0.319. The molecule has 9 heavy (non-hydrogen) atoms. The molecule has 0 spiro atoms. The molecule has 0 unspecified atom stereocenters. The molecule has 56 valence electrons. The molecular weight excluding hydrogens is 142 g/mol. The molecule has 0 aliphatic carbocycles. The summed E-state index contributed by atoms with van der Waals surface area (Å²) in [5.41, 5.74) is 5.28. The van der Waals surface area contributed by atoms with Crippen LogP contribution >= 0.6 is 12.4 Å². The molecule has 1 heterocycles. The molecule has 1 fully saturated rings. The van der Waals surface area contributed by atoms with Gasteiger partial charge in [0.1, 0.15) is 0 Å². The average molecular weight is 154 g/mol. The normalized spacial score (nSPS) is 34.0. The first-order chi connectivity index (χ1) is 3.84. The maximum atomic E-state index is 8.98. The van der Waals surface area contributed by atoms with Gasteiger partial charge in [-0.05, 0) is 6.54 Å². The molecule has 2 atom stereocenters. The first-order valence-electron chi connectivity index (χ1n) is 2.80. The van der Waals surface area contributed by atoms with Crippen LogP contribution in [0.15, 0.2) is 0 Å². The Hall–Kier alpha value is 0.170. The zero-order valence-electron chi connectivity index (χ0n) is 5.12. The minimum absolute atomic E-state index is 0. The summed E-state index contributed by atoms with van der Waals surface area (Å²) in [6.45, 7) is 1.61. The van der Waals surface area contributed by atoms with Crippen molar-refractivity contribution in [3.05, 3.63) is 0 Å². The summed E-state index contributed by atoms with van der Waals surface area (Å²) in [6, 6.07) is 0. The molecule has 0 aromatic rings. The Bertz CT molecular complexity index is 81.4. The van der Waals surface area contributed by atoms with Crippen LogP contribution in [-0.4, -0.2) is 31.0 Å². The van der Waals surface area contributed by atoms with Crippen molar-refractivity contribution in [2.45, 2.75) is 6.10 Å². The van der Waals surface area contributed by atoms with Gasteiger partial charge >= 0.3 is 0 Å². The second-order valence-corrected chi connectivity index (χ2v) is 2.10. The Labute approximate surface area is 60.6 Å². The second kappa shape index (κ2) is 4.06. The van der Waals surface area contributed by atoms with Crippen molar-refractivity contribution in [3.8, 4) is 0 Å². The van der Waals surface area contributed by atoms with Gasteiger partial charge in [0.25, 0.3) is 0 Å². The minimum Gasteiger partial charge on any atom is -0.390 e. The number of hydrogen-bond acceptors (Lipinski definition) is 3. The lowest BCUT2D eigenvalue weighted by atomic mass is 10.1. The number of aliphatic hydroxyl groups is 1. The van der Waals surface area contributed by atoms with Crippen molar-refractivity contribution in [1.82, 2.24) is 0 Å². The predicted molar refractivity (Wildman–Crippen MR) is 36.6 cm³/mol. The van der Waals surface area contributed by atoms with Crippen LogP contribution in [0.4, 0.5) is 0 Å². The van der Waals surface area contributed by atoms with Crippen LogP contribution in [0, 0.1) is 5.92 Å². The fourth-order valence-electron chi connectivity index (χ4n) is 0.812. The molecule has 0 amide bonds. The quantitative estimate of drug-likeness (QED) is 0.528. The summed E-state index contributed by atoms with van der Waals surface area (Å²) < 4.78 is 4.93. The van der Waals surface area contributed by atoms with Crippen LogP contribution in [-0.2, 0) is 4.74 Å².